The quantitative estimate of drug-likeness (QED) is 0.820. The lowest BCUT2D eigenvalue weighted by Crippen LogP contribution is -2.19. The molecule has 0 saturated carbocycles. The fraction of sp³-hybridized carbons (Fsp3) is 0.571. The molecule has 1 unspecified atom stereocenters. The van der Waals surface area contributed by atoms with Crippen LogP contribution in [0.2, 0.25) is 0 Å². The van der Waals surface area contributed by atoms with Gasteiger partial charge in [-0.05, 0) is 36.4 Å². The first-order chi connectivity index (χ1) is 8.58. The van der Waals surface area contributed by atoms with Crippen LogP contribution in [-0.2, 0) is 0 Å². The van der Waals surface area contributed by atoms with Gasteiger partial charge >= 0.3 is 0 Å². The van der Waals surface area contributed by atoms with Gasteiger partial charge in [0.15, 0.2) is 11.6 Å². The van der Waals surface area contributed by atoms with Crippen LogP contribution in [0.4, 0.5) is 4.39 Å². The van der Waals surface area contributed by atoms with E-state index in [1.165, 1.54) is 7.11 Å². The summed E-state index contributed by atoms with van der Waals surface area (Å²) in [5.74, 6) is 2.74. The monoisotopic (exact) mass is 271 g/mol. The number of hydrogen-bond acceptors (Lipinski definition) is 3. The number of hydrogen-bond donors (Lipinski definition) is 1. The Balaban J connectivity index is 2.67. The SMILES string of the molecule is CNC(CSCC(C)C)c1ccc(OC)c(F)c1. The van der Waals surface area contributed by atoms with Crippen molar-refractivity contribution < 1.29 is 9.13 Å². The lowest BCUT2D eigenvalue weighted by atomic mass is 10.1. The third kappa shape index (κ3) is 4.50. The van der Waals surface area contributed by atoms with Crippen LogP contribution in [0.3, 0.4) is 0 Å². The number of nitrogens with one attached hydrogen (secondary N) is 1. The highest BCUT2D eigenvalue weighted by Crippen LogP contribution is 2.24. The van der Waals surface area contributed by atoms with Crippen LogP contribution >= 0.6 is 11.8 Å². The molecule has 0 spiro atoms. The second kappa shape index (κ2) is 7.64. The highest BCUT2D eigenvalue weighted by atomic mass is 32.2. The molecule has 0 radical (unpaired) electrons. The Morgan fingerprint density at radius 2 is 2.06 bits per heavy atom. The van der Waals surface area contributed by atoms with E-state index >= 15 is 0 Å². The van der Waals surface area contributed by atoms with E-state index in [1.807, 2.05) is 24.9 Å². The number of rotatable bonds is 7. The molecule has 2 nitrogen and oxygen atoms in total. The Hall–Kier alpha value is -0.740. The zero-order chi connectivity index (χ0) is 13.5. The molecule has 102 valence electrons. The number of ether oxygens (including phenoxy) is 1. The van der Waals surface area contributed by atoms with Crippen molar-refractivity contribution in [3.05, 3.63) is 29.6 Å². The van der Waals surface area contributed by atoms with Gasteiger partial charge in [-0.25, -0.2) is 4.39 Å². The van der Waals surface area contributed by atoms with Crippen LogP contribution in [0.15, 0.2) is 18.2 Å². The molecular weight excluding hydrogens is 249 g/mol. The van der Waals surface area contributed by atoms with Gasteiger partial charge in [-0.1, -0.05) is 19.9 Å². The van der Waals surface area contributed by atoms with E-state index in [-0.39, 0.29) is 11.9 Å². The topological polar surface area (TPSA) is 21.3 Å². The maximum absolute atomic E-state index is 13.6. The van der Waals surface area contributed by atoms with E-state index in [2.05, 4.69) is 19.2 Å². The van der Waals surface area contributed by atoms with E-state index in [0.717, 1.165) is 17.1 Å². The fourth-order valence-corrected chi connectivity index (χ4v) is 2.87. The van der Waals surface area contributed by atoms with Gasteiger partial charge in [-0.15, -0.1) is 0 Å². The van der Waals surface area contributed by atoms with Crippen LogP contribution in [0.25, 0.3) is 0 Å². The average Bonchev–Trinajstić information content (AvgIpc) is 2.34. The molecule has 1 aromatic carbocycles. The maximum Gasteiger partial charge on any atom is 0.165 e. The summed E-state index contributed by atoms with van der Waals surface area (Å²) in [5, 5.41) is 3.23. The summed E-state index contributed by atoms with van der Waals surface area (Å²) >= 11 is 1.89. The molecule has 0 saturated heterocycles. The molecular formula is C14H22FNOS. The van der Waals surface area contributed by atoms with E-state index in [1.54, 1.807) is 12.1 Å². The second-order valence-corrected chi connectivity index (χ2v) is 5.74. The molecule has 0 aliphatic carbocycles. The minimum Gasteiger partial charge on any atom is -0.494 e. The van der Waals surface area contributed by atoms with Gasteiger partial charge in [-0.2, -0.15) is 11.8 Å². The van der Waals surface area contributed by atoms with Crippen LogP contribution in [0.5, 0.6) is 5.75 Å². The van der Waals surface area contributed by atoms with Crippen LogP contribution < -0.4 is 10.1 Å². The number of benzene rings is 1. The fourth-order valence-electron chi connectivity index (χ4n) is 1.67. The van der Waals surface area contributed by atoms with E-state index in [0.29, 0.717) is 11.7 Å². The summed E-state index contributed by atoms with van der Waals surface area (Å²) in [6.07, 6.45) is 0. The average molecular weight is 271 g/mol. The van der Waals surface area contributed by atoms with Gasteiger partial charge in [-0.3, -0.25) is 0 Å². The van der Waals surface area contributed by atoms with E-state index in [4.69, 9.17) is 4.74 Å². The molecule has 1 N–H and O–H groups in total. The second-order valence-electron chi connectivity index (χ2n) is 4.67. The van der Waals surface area contributed by atoms with Crippen molar-refractivity contribution in [3.8, 4) is 5.75 Å². The van der Waals surface area contributed by atoms with Crippen LogP contribution in [0.1, 0.15) is 25.5 Å². The lowest BCUT2D eigenvalue weighted by Gasteiger charge is -2.17. The van der Waals surface area contributed by atoms with Crippen molar-refractivity contribution in [1.82, 2.24) is 5.32 Å². The molecule has 1 rings (SSSR count). The first kappa shape index (κ1) is 15.3. The molecule has 0 aromatic heterocycles. The van der Waals surface area contributed by atoms with E-state index in [9.17, 15) is 4.39 Å². The van der Waals surface area contributed by atoms with Gasteiger partial charge in [0.05, 0.1) is 7.11 Å². The predicted octanol–water partition coefficient (Wildman–Crippen LogP) is 3.48. The Bertz CT molecular complexity index is 371. The Kier molecular flexibility index (Phi) is 6.50. The number of halogens is 1. The molecule has 0 bridgehead atoms. The van der Waals surface area contributed by atoms with Crippen molar-refractivity contribution in [2.45, 2.75) is 19.9 Å². The standard InChI is InChI=1S/C14H22FNOS/c1-10(2)8-18-9-13(16-3)11-5-6-14(17-4)12(15)7-11/h5-7,10,13,16H,8-9H2,1-4H3. The van der Waals surface area contributed by atoms with Crippen molar-refractivity contribution >= 4 is 11.8 Å². The van der Waals surface area contributed by atoms with Gasteiger partial charge in [0.1, 0.15) is 0 Å². The minimum atomic E-state index is -0.302. The summed E-state index contributed by atoms with van der Waals surface area (Å²) in [4.78, 5) is 0. The third-order valence-corrected chi connectivity index (χ3v) is 4.13. The molecule has 0 heterocycles. The highest BCUT2D eigenvalue weighted by molar-refractivity contribution is 7.99. The first-order valence-electron chi connectivity index (χ1n) is 6.17. The zero-order valence-corrected chi connectivity index (χ0v) is 12.3. The predicted molar refractivity (Wildman–Crippen MR) is 76.9 cm³/mol. The molecule has 0 fully saturated rings. The maximum atomic E-state index is 13.6. The molecule has 0 amide bonds. The van der Waals surface area contributed by atoms with Crippen LogP contribution in [-0.4, -0.2) is 25.7 Å². The summed E-state index contributed by atoms with van der Waals surface area (Å²) in [7, 11) is 3.38. The molecule has 4 heteroatoms. The lowest BCUT2D eigenvalue weighted by molar-refractivity contribution is 0.385. The van der Waals surface area contributed by atoms with Crippen molar-refractivity contribution in [2.24, 2.45) is 5.92 Å². The summed E-state index contributed by atoms with van der Waals surface area (Å²) in [6, 6.07) is 5.33. The van der Waals surface area contributed by atoms with Gasteiger partial charge in [0.2, 0.25) is 0 Å². The molecule has 1 aromatic rings. The smallest absolute Gasteiger partial charge is 0.165 e. The Morgan fingerprint density at radius 3 is 2.56 bits per heavy atom. The zero-order valence-electron chi connectivity index (χ0n) is 11.5. The van der Waals surface area contributed by atoms with E-state index < -0.39 is 0 Å². The molecule has 0 aliphatic heterocycles. The largest absolute Gasteiger partial charge is 0.494 e. The normalized spacial score (nSPS) is 12.8. The minimum absolute atomic E-state index is 0.175. The Morgan fingerprint density at radius 1 is 1.33 bits per heavy atom. The summed E-state index contributed by atoms with van der Waals surface area (Å²) in [6.45, 7) is 4.41. The first-order valence-corrected chi connectivity index (χ1v) is 7.32. The van der Waals surface area contributed by atoms with Gasteiger partial charge in [0.25, 0.3) is 0 Å². The van der Waals surface area contributed by atoms with Gasteiger partial charge in [0, 0.05) is 11.8 Å². The number of thioether (sulfide) groups is 1. The van der Waals surface area contributed by atoms with Crippen molar-refractivity contribution in [1.29, 1.82) is 0 Å². The summed E-state index contributed by atoms with van der Waals surface area (Å²) < 4.78 is 18.6. The third-order valence-electron chi connectivity index (χ3n) is 2.66. The van der Waals surface area contributed by atoms with Crippen LogP contribution in [0, 0.1) is 11.7 Å². The summed E-state index contributed by atoms with van der Waals surface area (Å²) in [5.41, 5.74) is 0.965. The highest BCUT2D eigenvalue weighted by Gasteiger charge is 2.12. The molecule has 1 atom stereocenters. The van der Waals surface area contributed by atoms with Crippen molar-refractivity contribution in [2.75, 3.05) is 25.7 Å². The van der Waals surface area contributed by atoms with Crippen molar-refractivity contribution in [3.63, 3.8) is 0 Å². The van der Waals surface area contributed by atoms with Gasteiger partial charge < -0.3 is 10.1 Å². The Labute approximate surface area is 113 Å². The number of methoxy groups -OCH3 is 1. The molecule has 0 aliphatic rings. The molecule has 18 heavy (non-hydrogen) atoms.